The van der Waals surface area contributed by atoms with Gasteiger partial charge in [-0.15, -0.1) is 0 Å². The van der Waals surface area contributed by atoms with Crippen LogP contribution in [0.15, 0.2) is 40.8 Å². The van der Waals surface area contributed by atoms with E-state index in [4.69, 9.17) is 4.42 Å². The molecule has 2 aromatic rings. The molecule has 0 radical (unpaired) electrons. The highest BCUT2D eigenvalue weighted by Gasteiger charge is 2.15. The summed E-state index contributed by atoms with van der Waals surface area (Å²) in [6.45, 7) is 6.42. The normalized spacial score (nSPS) is 11.5. The number of rotatable bonds is 3. The molecule has 0 saturated carbocycles. The molecule has 19 heavy (non-hydrogen) atoms. The molecule has 0 aliphatic rings. The summed E-state index contributed by atoms with van der Waals surface area (Å²) in [7, 11) is 0. The van der Waals surface area contributed by atoms with E-state index in [0.717, 1.165) is 17.7 Å². The molecule has 0 N–H and O–H groups in total. The largest absolute Gasteiger partial charge is 0.461 e. The lowest BCUT2D eigenvalue weighted by atomic mass is 9.91. The van der Waals surface area contributed by atoms with Crippen molar-refractivity contribution in [1.29, 1.82) is 0 Å². The van der Waals surface area contributed by atoms with Crippen molar-refractivity contribution in [2.45, 2.75) is 27.2 Å². The lowest BCUT2D eigenvalue weighted by Gasteiger charge is -2.15. The van der Waals surface area contributed by atoms with Crippen molar-refractivity contribution in [3.63, 3.8) is 0 Å². The molecule has 0 amide bonds. The number of hydrogen-bond donors (Lipinski definition) is 0. The maximum atomic E-state index is 10.8. The van der Waals surface area contributed by atoms with Crippen LogP contribution >= 0.6 is 0 Å². The Balaban J connectivity index is 2.28. The van der Waals surface area contributed by atoms with Gasteiger partial charge in [0.2, 0.25) is 0 Å². The fourth-order valence-corrected chi connectivity index (χ4v) is 1.92. The summed E-state index contributed by atoms with van der Waals surface area (Å²) in [5, 5.41) is 10.8. The standard InChI is InChI=1S/C15H17NO3/c1-15(2,3)10-13-7-8-14(19-13)11-5-4-6-12(9-11)16(17)18/h4-9H,10H2,1-3H3. The molecular formula is C15H17NO3. The molecule has 0 aliphatic carbocycles. The molecule has 2 rings (SSSR count). The molecule has 1 aromatic heterocycles. The summed E-state index contributed by atoms with van der Waals surface area (Å²) in [6, 6.07) is 10.3. The molecule has 100 valence electrons. The van der Waals surface area contributed by atoms with E-state index in [1.807, 2.05) is 18.2 Å². The van der Waals surface area contributed by atoms with Gasteiger partial charge in [0.15, 0.2) is 0 Å². The second-order valence-corrected chi connectivity index (χ2v) is 5.81. The van der Waals surface area contributed by atoms with Crippen LogP contribution in [0.25, 0.3) is 11.3 Å². The molecule has 0 atom stereocenters. The molecular weight excluding hydrogens is 242 g/mol. The van der Waals surface area contributed by atoms with Gasteiger partial charge in [-0.25, -0.2) is 0 Å². The Morgan fingerprint density at radius 2 is 1.95 bits per heavy atom. The number of benzene rings is 1. The minimum Gasteiger partial charge on any atom is -0.461 e. The number of non-ortho nitro benzene ring substituents is 1. The van der Waals surface area contributed by atoms with Gasteiger partial charge in [-0.3, -0.25) is 10.1 Å². The highest BCUT2D eigenvalue weighted by atomic mass is 16.6. The molecule has 0 aliphatic heterocycles. The maximum absolute atomic E-state index is 10.8. The van der Waals surface area contributed by atoms with Crippen molar-refractivity contribution >= 4 is 5.69 Å². The molecule has 4 heteroatoms. The van der Waals surface area contributed by atoms with Crippen molar-refractivity contribution in [3.05, 3.63) is 52.3 Å². The fourth-order valence-electron chi connectivity index (χ4n) is 1.92. The van der Waals surface area contributed by atoms with E-state index >= 15 is 0 Å². The summed E-state index contributed by atoms with van der Waals surface area (Å²) < 4.78 is 5.76. The van der Waals surface area contributed by atoms with Gasteiger partial charge in [0.05, 0.1) is 4.92 Å². The highest BCUT2D eigenvalue weighted by Crippen LogP contribution is 2.28. The summed E-state index contributed by atoms with van der Waals surface area (Å²) in [4.78, 5) is 10.4. The quantitative estimate of drug-likeness (QED) is 0.604. The minimum absolute atomic E-state index is 0.0753. The Hall–Kier alpha value is -2.10. The first-order valence-corrected chi connectivity index (χ1v) is 6.19. The second kappa shape index (κ2) is 4.88. The molecule has 0 spiro atoms. The zero-order valence-corrected chi connectivity index (χ0v) is 11.3. The monoisotopic (exact) mass is 259 g/mol. The van der Waals surface area contributed by atoms with E-state index in [9.17, 15) is 10.1 Å². The van der Waals surface area contributed by atoms with Crippen LogP contribution in [-0.4, -0.2) is 4.92 Å². The first-order chi connectivity index (χ1) is 8.85. The van der Waals surface area contributed by atoms with Crippen LogP contribution in [0.5, 0.6) is 0 Å². The lowest BCUT2D eigenvalue weighted by Crippen LogP contribution is -2.08. The van der Waals surface area contributed by atoms with Gasteiger partial charge >= 0.3 is 0 Å². The summed E-state index contributed by atoms with van der Waals surface area (Å²) in [6.07, 6.45) is 0.835. The van der Waals surface area contributed by atoms with Crippen LogP contribution in [0, 0.1) is 15.5 Å². The van der Waals surface area contributed by atoms with Gasteiger partial charge in [0, 0.05) is 24.1 Å². The predicted octanol–water partition coefficient (Wildman–Crippen LogP) is 4.44. The van der Waals surface area contributed by atoms with Crippen molar-refractivity contribution < 1.29 is 9.34 Å². The lowest BCUT2D eigenvalue weighted by molar-refractivity contribution is -0.384. The van der Waals surface area contributed by atoms with Crippen LogP contribution < -0.4 is 0 Å². The Labute approximate surface area is 112 Å². The Morgan fingerprint density at radius 1 is 1.21 bits per heavy atom. The number of nitro benzene ring substituents is 1. The Bertz CT molecular complexity index is 593. The fraction of sp³-hybridized carbons (Fsp3) is 0.333. The van der Waals surface area contributed by atoms with Gasteiger partial charge in [-0.2, -0.15) is 0 Å². The molecule has 0 bridgehead atoms. The summed E-state index contributed by atoms with van der Waals surface area (Å²) in [5.41, 5.74) is 0.957. The van der Waals surface area contributed by atoms with Crippen LogP contribution in [0.4, 0.5) is 5.69 Å². The van der Waals surface area contributed by atoms with E-state index in [1.165, 1.54) is 12.1 Å². The minimum atomic E-state index is -0.400. The van der Waals surface area contributed by atoms with Gasteiger partial charge < -0.3 is 4.42 Å². The zero-order valence-electron chi connectivity index (χ0n) is 11.3. The van der Waals surface area contributed by atoms with Gasteiger partial charge in [0.25, 0.3) is 5.69 Å². The van der Waals surface area contributed by atoms with Crippen LogP contribution in [0.2, 0.25) is 0 Å². The first-order valence-electron chi connectivity index (χ1n) is 6.19. The smallest absolute Gasteiger partial charge is 0.270 e. The topological polar surface area (TPSA) is 56.3 Å². The van der Waals surface area contributed by atoms with Gasteiger partial charge in [-0.1, -0.05) is 32.9 Å². The van der Waals surface area contributed by atoms with Crippen molar-refractivity contribution in [1.82, 2.24) is 0 Å². The van der Waals surface area contributed by atoms with Crippen LogP contribution in [-0.2, 0) is 6.42 Å². The third-order valence-electron chi connectivity index (χ3n) is 2.71. The zero-order chi connectivity index (χ0) is 14.0. The molecule has 0 saturated heterocycles. The Morgan fingerprint density at radius 3 is 2.58 bits per heavy atom. The van der Waals surface area contributed by atoms with Gasteiger partial charge in [0.1, 0.15) is 11.5 Å². The highest BCUT2D eigenvalue weighted by molar-refractivity contribution is 5.61. The summed E-state index contributed by atoms with van der Waals surface area (Å²) >= 11 is 0. The van der Waals surface area contributed by atoms with E-state index in [2.05, 4.69) is 20.8 Å². The number of furan rings is 1. The molecule has 0 unspecified atom stereocenters. The number of nitro groups is 1. The molecule has 4 nitrogen and oxygen atoms in total. The average Bonchev–Trinajstić information content (AvgIpc) is 2.75. The SMILES string of the molecule is CC(C)(C)Cc1ccc(-c2cccc([N+](=O)[O-])c2)o1. The molecule has 0 fully saturated rings. The average molecular weight is 259 g/mol. The summed E-state index contributed by atoms with van der Waals surface area (Å²) in [5.74, 6) is 1.57. The van der Waals surface area contributed by atoms with Crippen molar-refractivity contribution in [2.24, 2.45) is 5.41 Å². The van der Waals surface area contributed by atoms with E-state index in [0.29, 0.717) is 5.76 Å². The van der Waals surface area contributed by atoms with E-state index < -0.39 is 4.92 Å². The third kappa shape index (κ3) is 3.44. The number of nitrogens with zero attached hydrogens (tertiary/aromatic N) is 1. The van der Waals surface area contributed by atoms with Crippen LogP contribution in [0.3, 0.4) is 0 Å². The maximum Gasteiger partial charge on any atom is 0.270 e. The molecule has 1 aromatic carbocycles. The predicted molar refractivity (Wildman–Crippen MR) is 74.0 cm³/mol. The second-order valence-electron chi connectivity index (χ2n) is 5.81. The number of hydrogen-bond acceptors (Lipinski definition) is 3. The Kier molecular flexibility index (Phi) is 3.42. The van der Waals surface area contributed by atoms with Crippen molar-refractivity contribution in [2.75, 3.05) is 0 Å². The third-order valence-corrected chi connectivity index (χ3v) is 2.71. The molecule has 1 heterocycles. The van der Waals surface area contributed by atoms with E-state index in [-0.39, 0.29) is 11.1 Å². The van der Waals surface area contributed by atoms with Gasteiger partial charge in [-0.05, 0) is 17.5 Å². The van der Waals surface area contributed by atoms with Crippen LogP contribution in [0.1, 0.15) is 26.5 Å². The first kappa shape index (κ1) is 13.3. The van der Waals surface area contributed by atoms with E-state index in [1.54, 1.807) is 6.07 Å². The van der Waals surface area contributed by atoms with Crippen molar-refractivity contribution in [3.8, 4) is 11.3 Å².